The Labute approximate surface area is 77.6 Å². The van der Waals surface area contributed by atoms with Gasteiger partial charge in [0.2, 0.25) is 5.91 Å². The molecule has 0 heterocycles. The van der Waals surface area contributed by atoms with Gasteiger partial charge in [-0.25, -0.2) is 4.79 Å². The standard InChI is InChI=1S/C9H15NO3/c1-6(9(12)13-2)10-8(11)5-7-3-4-7/h6-7H,3-5H2,1-2H3,(H,10,11). The van der Waals surface area contributed by atoms with Crippen LogP contribution in [0.25, 0.3) is 0 Å². The largest absolute Gasteiger partial charge is 0.467 e. The average Bonchev–Trinajstić information content (AvgIpc) is 2.86. The van der Waals surface area contributed by atoms with E-state index in [1.807, 2.05) is 0 Å². The molecule has 0 aromatic rings. The first kappa shape index (κ1) is 10.0. The molecule has 1 amide bonds. The zero-order chi connectivity index (χ0) is 9.84. The molecule has 1 unspecified atom stereocenters. The van der Waals surface area contributed by atoms with Crippen molar-refractivity contribution < 1.29 is 14.3 Å². The van der Waals surface area contributed by atoms with E-state index in [0.717, 1.165) is 12.8 Å². The molecule has 0 aromatic carbocycles. The first-order valence-electron chi connectivity index (χ1n) is 4.50. The van der Waals surface area contributed by atoms with E-state index < -0.39 is 12.0 Å². The maximum Gasteiger partial charge on any atom is 0.328 e. The summed E-state index contributed by atoms with van der Waals surface area (Å²) in [5, 5.41) is 2.59. The summed E-state index contributed by atoms with van der Waals surface area (Å²) in [5.41, 5.74) is 0. The van der Waals surface area contributed by atoms with Gasteiger partial charge in [-0.3, -0.25) is 4.79 Å². The number of ether oxygens (including phenoxy) is 1. The van der Waals surface area contributed by atoms with Gasteiger partial charge in [0.1, 0.15) is 6.04 Å². The first-order chi connectivity index (χ1) is 6.13. The topological polar surface area (TPSA) is 55.4 Å². The molecule has 0 aliphatic heterocycles. The Balaban J connectivity index is 2.21. The van der Waals surface area contributed by atoms with Crippen LogP contribution in [-0.4, -0.2) is 25.0 Å². The molecule has 0 spiro atoms. The normalized spacial score (nSPS) is 17.7. The van der Waals surface area contributed by atoms with Gasteiger partial charge in [0.05, 0.1) is 7.11 Å². The maximum atomic E-state index is 11.2. The fraction of sp³-hybridized carbons (Fsp3) is 0.778. The lowest BCUT2D eigenvalue weighted by Gasteiger charge is -2.10. The maximum absolute atomic E-state index is 11.2. The fourth-order valence-corrected chi connectivity index (χ4v) is 1.12. The van der Waals surface area contributed by atoms with Crippen LogP contribution in [0.15, 0.2) is 0 Å². The van der Waals surface area contributed by atoms with Crippen molar-refractivity contribution in [2.45, 2.75) is 32.2 Å². The molecule has 0 radical (unpaired) electrons. The second kappa shape index (κ2) is 4.25. The Hall–Kier alpha value is -1.06. The number of nitrogens with one attached hydrogen (secondary N) is 1. The van der Waals surface area contributed by atoms with E-state index in [-0.39, 0.29) is 5.91 Å². The van der Waals surface area contributed by atoms with Gasteiger partial charge in [-0.1, -0.05) is 0 Å². The molecule has 74 valence electrons. The van der Waals surface area contributed by atoms with Gasteiger partial charge >= 0.3 is 5.97 Å². The monoisotopic (exact) mass is 185 g/mol. The highest BCUT2D eigenvalue weighted by Crippen LogP contribution is 2.32. The van der Waals surface area contributed by atoms with E-state index in [9.17, 15) is 9.59 Å². The number of carbonyl (C=O) groups is 2. The first-order valence-corrected chi connectivity index (χ1v) is 4.50. The van der Waals surface area contributed by atoms with Crippen molar-refractivity contribution in [1.82, 2.24) is 5.32 Å². The van der Waals surface area contributed by atoms with Gasteiger partial charge < -0.3 is 10.1 Å². The van der Waals surface area contributed by atoms with Crippen molar-refractivity contribution in [3.63, 3.8) is 0 Å². The van der Waals surface area contributed by atoms with Crippen LogP contribution < -0.4 is 5.32 Å². The molecule has 4 heteroatoms. The zero-order valence-corrected chi connectivity index (χ0v) is 8.00. The van der Waals surface area contributed by atoms with Gasteiger partial charge in [0, 0.05) is 6.42 Å². The number of amides is 1. The number of hydrogen-bond donors (Lipinski definition) is 1. The van der Waals surface area contributed by atoms with Gasteiger partial charge in [0.25, 0.3) is 0 Å². The van der Waals surface area contributed by atoms with Crippen LogP contribution in [-0.2, 0) is 14.3 Å². The van der Waals surface area contributed by atoms with Crippen molar-refractivity contribution in [1.29, 1.82) is 0 Å². The molecular weight excluding hydrogens is 170 g/mol. The molecule has 1 aliphatic rings. The predicted octanol–water partition coefficient (Wildman–Crippen LogP) is 0.464. The lowest BCUT2D eigenvalue weighted by molar-refractivity contribution is -0.144. The van der Waals surface area contributed by atoms with Gasteiger partial charge in [-0.2, -0.15) is 0 Å². The molecule has 1 fully saturated rings. The Morgan fingerprint density at radius 3 is 2.62 bits per heavy atom. The third-order valence-electron chi connectivity index (χ3n) is 2.10. The fourth-order valence-electron chi connectivity index (χ4n) is 1.12. The summed E-state index contributed by atoms with van der Waals surface area (Å²) in [4.78, 5) is 22.1. The van der Waals surface area contributed by atoms with Crippen LogP contribution in [0.1, 0.15) is 26.2 Å². The minimum atomic E-state index is -0.531. The number of rotatable bonds is 4. The predicted molar refractivity (Wildman–Crippen MR) is 47.0 cm³/mol. The molecular formula is C9H15NO3. The van der Waals surface area contributed by atoms with E-state index in [4.69, 9.17) is 0 Å². The molecule has 1 rings (SSSR count). The molecule has 4 nitrogen and oxygen atoms in total. The van der Waals surface area contributed by atoms with Crippen LogP contribution in [0, 0.1) is 5.92 Å². The molecule has 0 aromatic heterocycles. The third kappa shape index (κ3) is 3.44. The summed E-state index contributed by atoms with van der Waals surface area (Å²) >= 11 is 0. The van der Waals surface area contributed by atoms with Gasteiger partial charge in [-0.05, 0) is 25.7 Å². The van der Waals surface area contributed by atoms with E-state index in [1.165, 1.54) is 7.11 Å². The minimum absolute atomic E-state index is 0.0552. The highest BCUT2D eigenvalue weighted by molar-refractivity contribution is 5.84. The van der Waals surface area contributed by atoms with Crippen molar-refractivity contribution in [2.75, 3.05) is 7.11 Å². The molecule has 13 heavy (non-hydrogen) atoms. The third-order valence-corrected chi connectivity index (χ3v) is 2.10. The van der Waals surface area contributed by atoms with Crippen LogP contribution in [0.4, 0.5) is 0 Å². The Kier molecular flexibility index (Phi) is 3.28. The second-order valence-electron chi connectivity index (χ2n) is 3.46. The minimum Gasteiger partial charge on any atom is -0.467 e. The molecule has 0 bridgehead atoms. The Morgan fingerprint density at radius 1 is 1.54 bits per heavy atom. The number of hydrogen-bond acceptors (Lipinski definition) is 3. The summed E-state index contributed by atoms with van der Waals surface area (Å²) in [6.45, 7) is 1.62. The van der Waals surface area contributed by atoms with E-state index in [0.29, 0.717) is 12.3 Å². The lowest BCUT2D eigenvalue weighted by atomic mass is 10.2. The second-order valence-corrected chi connectivity index (χ2v) is 3.46. The average molecular weight is 185 g/mol. The Morgan fingerprint density at radius 2 is 2.15 bits per heavy atom. The Bertz CT molecular complexity index is 211. The molecule has 1 N–H and O–H groups in total. The number of esters is 1. The summed E-state index contributed by atoms with van der Waals surface area (Å²) in [6.07, 6.45) is 2.82. The highest BCUT2D eigenvalue weighted by Gasteiger charge is 2.25. The quantitative estimate of drug-likeness (QED) is 0.647. The highest BCUT2D eigenvalue weighted by atomic mass is 16.5. The van der Waals surface area contributed by atoms with Crippen LogP contribution in [0.2, 0.25) is 0 Å². The van der Waals surface area contributed by atoms with Crippen molar-refractivity contribution in [3.05, 3.63) is 0 Å². The van der Waals surface area contributed by atoms with E-state index in [1.54, 1.807) is 6.92 Å². The van der Waals surface area contributed by atoms with Crippen molar-refractivity contribution >= 4 is 11.9 Å². The van der Waals surface area contributed by atoms with Crippen LogP contribution in [0.3, 0.4) is 0 Å². The van der Waals surface area contributed by atoms with Crippen LogP contribution in [0.5, 0.6) is 0 Å². The SMILES string of the molecule is COC(=O)C(C)NC(=O)CC1CC1. The number of methoxy groups -OCH3 is 1. The van der Waals surface area contributed by atoms with Gasteiger partial charge in [0.15, 0.2) is 0 Å². The molecule has 0 saturated heterocycles. The summed E-state index contributed by atoms with van der Waals surface area (Å²) < 4.78 is 4.48. The summed E-state index contributed by atoms with van der Waals surface area (Å²) in [7, 11) is 1.31. The van der Waals surface area contributed by atoms with Crippen LogP contribution >= 0.6 is 0 Å². The smallest absolute Gasteiger partial charge is 0.328 e. The molecule has 1 saturated carbocycles. The lowest BCUT2D eigenvalue weighted by Crippen LogP contribution is -2.39. The van der Waals surface area contributed by atoms with Crippen molar-refractivity contribution in [3.8, 4) is 0 Å². The molecule has 1 aliphatic carbocycles. The summed E-state index contributed by atoms with van der Waals surface area (Å²) in [5.74, 6) is 0.0920. The van der Waals surface area contributed by atoms with Gasteiger partial charge in [-0.15, -0.1) is 0 Å². The molecule has 1 atom stereocenters. The summed E-state index contributed by atoms with van der Waals surface area (Å²) in [6, 6.07) is -0.531. The van der Waals surface area contributed by atoms with E-state index >= 15 is 0 Å². The van der Waals surface area contributed by atoms with Crippen molar-refractivity contribution in [2.24, 2.45) is 5.92 Å². The zero-order valence-electron chi connectivity index (χ0n) is 8.00. The van der Waals surface area contributed by atoms with E-state index in [2.05, 4.69) is 10.1 Å². The number of carbonyl (C=O) groups excluding carboxylic acids is 2.